The second-order valence-electron chi connectivity index (χ2n) is 5.50. The third-order valence-corrected chi connectivity index (χ3v) is 4.04. The number of nitriles is 1. The van der Waals surface area contributed by atoms with Crippen LogP contribution in [0.2, 0.25) is 0 Å². The Hall–Kier alpha value is -2.35. The lowest BCUT2D eigenvalue weighted by Gasteiger charge is -2.26. The Morgan fingerprint density at radius 1 is 1.28 bits per heavy atom. The number of hydrogen-bond donors (Lipinski definition) is 2. The quantitative estimate of drug-likeness (QED) is 0.602. The molecule has 134 valence electrons. The molecule has 0 amide bonds. The maximum Gasteiger partial charge on any atom is 0.431 e. The van der Waals surface area contributed by atoms with Crippen LogP contribution in [0, 0.1) is 11.3 Å². The minimum atomic E-state index is -4.76. The van der Waals surface area contributed by atoms with Gasteiger partial charge in [0.25, 0.3) is 0 Å². The minimum Gasteiger partial charge on any atom is -0.348 e. The number of halogens is 6. The van der Waals surface area contributed by atoms with Crippen molar-refractivity contribution in [2.24, 2.45) is 5.10 Å². The first-order chi connectivity index (χ1) is 11.4. The van der Waals surface area contributed by atoms with Gasteiger partial charge in [0.15, 0.2) is 0 Å². The summed E-state index contributed by atoms with van der Waals surface area (Å²) in [6.07, 6.45) is -9.95. The number of rotatable bonds is 2. The SMILES string of the molecule is C[C@@]1(C(=S)Nc2ccc(C#N)c(C(F)(F)F)c2)CC(C(F)(F)F)=NN1. The summed E-state index contributed by atoms with van der Waals surface area (Å²) in [7, 11) is 0. The Kier molecular flexibility index (Phi) is 4.69. The van der Waals surface area contributed by atoms with Crippen molar-refractivity contribution in [2.45, 2.75) is 31.2 Å². The molecule has 0 saturated carbocycles. The molecule has 11 heteroatoms. The molecule has 1 heterocycles. The fourth-order valence-electron chi connectivity index (χ4n) is 2.12. The van der Waals surface area contributed by atoms with E-state index in [1.165, 1.54) is 19.1 Å². The summed E-state index contributed by atoms with van der Waals surface area (Å²) in [5, 5.41) is 14.4. The number of hydrogen-bond acceptors (Lipinski definition) is 4. The number of hydrazone groups is 1. The molecule has 0 spiro atoms. The van der Waals surface area contributed by atoms with Gasteiger partial charge in [-0.05, 0) is 25.1 Å². The second kappa shape index (κ2) is 6.18. The molecule has 0 saturated heterocycles. The van der Waals surface area contributed by atoms with E-state index in [0.717, 1.165) is 6.07 Å². The summed E-state index contributed by atoms with van der Waals surface area (Å²) < 4.78 is 76.8. The maximum atomic E-state index is 12.9. The van der Waals surface area contributed by atoms with Crippen molar-refractivity contribution >= 4 is 28.6 Å². The van der Waals surface area contributed by atoms with Gasteiger partial charge in [-0.3, -0.25) is 5.43 Å². The van der Waals surface area contributed by atoms with Crippen molar-refractivity contribution < 1.29 is 26.3 Å². The molecule has 4 nitrogen and oxygen atoms in total. The molecule has 1 aromatic rings. The van der Waals surface area contributed by atoms with Gasteiger partial charge in [0.05, 0.1) is 17.2 Å². The average molecular weight is 380 g/mol. The average Bonchev–Trinajstić information content (AvgIpc) is 2.90. The maximum absolute atomic E-state index is 12.9. The first-order valence-electron chi connectivity index (χ1n) is 6.70. The number of nitrogens with one attached hydrogen (secondary N) is 2. The highest BCUT2D eigenvalue weighted by Crippen LogP contribution is 2.34. The zero-order valence-corrected chi connectivity index (χ0v) is 13.3. The molecule has 0 bridgehead atoms. The van der Waals surface area contributed by atoms with Gasteiger partial charge in [0, 0.05) is 12.1 Å². The summed E-state index contributed by atoms with van der Waals surface area (Å²) in [4.78, 5) is -0.159. The lowest BCUT2D eigenvalue weighted by molar-refractivity contribution is -0.137. The third kappa shape index (κ3) is 4.01. The number of nitrogens with zero attached hydrogens (tertiary/aromatic N) is 2. The molecule has 2 N–H and O–H groups in total. The van der Waals surface area contributed by atoms with Crippen molar-refractivity contribution in [1.82, 2.24) is 5.43 Å². The molecule has 0 fully saturated rings. The van der Waals surface area contributed by atoms with Crippen LogP contribution >= 0.6 is 12.2 Å². The Labute approximate surface area is 143 Å². The van der Waals surface area contributed by atoms with Crippen LogP contribution in [0.15, 0.2) is 23.3 Å². The van der Waals surface area contributed by atoms with E-state index in [9.17, 15) is 26.3 Å². The molecule has 1 aliphatic heterocycles. The minimum absolute atomic E-state index is 0.0974. The summed E-state index contributed by atoms with van der Waals surface area (Å²) in [5.74, 6) is 0. The van der Waals surface area contributed by atoms with Gasteiger partial charge in [0.2, 0.25) is 0 Å². The predicted octanol–water partition coefficient (Wildman–Crippen LogP) is 3.99. The van der Waals surface area contributed by atoms with Crippen molar-refractivity contribution in [3.8, 4) is 6.07 Å². The van der Waals surface area contributed by atoms with Crippen molar-refractivity contribution in [3.63, 3.8) is 0 Å². The van der Waals surface area contributed by atoms with Gasteiger partial charge in [-0.1, -0.05) is 12.2 Å². The van der Waals surface area contributed by atoms with E-state index < -0.39 is 41.2 Å². The molecule has 1 aliphatic rings. The Bertz CT molecular complexity index is 777. The normalized spacial score (nSPS) is 20.5. The van der Waals surface area contributed by atoms with E-state index in [1.54, 1.807) is 0 Å². The van der Waals surface area contributed by atoms with E-state index in [2.05, 4.69) is 15.8 Å². The topological polar surface area (TPSA) is 60.2 Å². The van der Waals surface area contributed by atoms with Crippen molar-refractivity contribution in [2.75, 3.05) is 5.32 Å². The largest absolute Gasteiger partial charge is 0.431 e. The molecule has 0 aromatic heterocycles. The monoisotopic (exact) mass is 380 g/mol. The van der Waals surface area contributed by atoms with Gasteiger partial charge >= 0.3 is 12.4 Å². The van der Waals surface area contributed by atoms with E-state index >= 15 is 0 Å². The molecule has 2 rings (SSSR count). The number of thiocarbonyl (C=S) groups is 1. The van der Waals surface area contributed by atoms with E-state index in [1.807, 2.05) is 0 Å². The van der Waals surface area contributed by atoms with Gasteiger partial charge in [-0.15, -0.1) is 0 Å². The number of anilines is 1. The third-order valence-electron chi connectivity index (χ3n) is 3.49. The van der Waals surface area contributed by atoms with Gasteiger partial charge in [-0.25, -0.2) is 0 Å². The van der Waals surface area contributed by atoms with Gasteiger partial charge in [-0.2, -0.15) is 36.7 Å². The van der Waals surface area contributed by atoms with Crippen LogP contribution in [0.4, 0.5) is 32.0 Å². The lowest BCUT2D eigenvalue weighted by atomic mass is 9.96. The standard InChI is InChI=1S/C14H10F6N4S/c1-12(5-10(23-24-12)14(18,19)20)11(25)22-8-3-2-7(6-21)9(4-8)13(15,16)17/h2-4,24H,5H2,1H3,(H,22,25)/t12-/m0/s1. The van der Waals surface area contributed by atoms with E-state index in [0.29, 0.717) is 6.07 Å². The van der Waals surface area contributed by atoms with E-state index in [4.69, 9.17) is 17.5 Å². The van der Waals surface area contributed by atoms with Crippen LogP contribution in [-0.4, -0.2) is 22.4 Å². The van der Waals surface area contributed by atoms with Crippen LogP contribution in [0.3, 0.4) is 0 Å². The molecule has 1 atom stereocenters. The molecule has 0 radical (unpaired) electrons. The second-order valence-corrected chi connectivity index (χ2v) is 5.91. The molecule has 1 aromatic carbocycles. The highest BCUT2D eigenvalue weighted by molar-refractivity contribution is 7.80. The molecule has 0 aliphatic carbocycles. The first kappa shape index (κ1) is 19.0. The van der Waals surface area contributed by atoms with Crippen LogP contribution in [0.25, 0.3) is 0 Å². The van der Waals surface area contributed by atoms with Crippen molar-refractivity contribution in [3.05, 3.63) is 29.3 Å². The summed E-state index contributed by atoms with van der Waals surface area (Å²) in [6, 6.07) is 4.25. The van der Waals surface area contributed by atoms with Crippen LogP contribution in [-0.2, 0) is 6.18 Å². The smallest absolute Gasteiger partial charge is 0.348 e. The molecular weight excluding hydrogens is 370 g/mol. The summed E-state index contributed by atoms with van der Waals surface area (Å²) in [5.41, 5.74) is -2.03. The Balaban J connectivity index is 2.21. The predicted molar refractivity (Wildman–Crippen MR) is 82.0 cm³/mol. The summed E-state index contributed by atoms with van der Waals surface area (Å²) >= 11 is 5.02. The molecule has 0 unspecified atom stereocenters. The lowest BCUT2D eigenvalue weighted by Crippen LogP contribution is -2.47. The fourth-order valence-corrected chi connectivity index (χ4v) is 2.36. The first-order valence-corrected chi connectivity index (χ1v) is 7.11. The molecular formula is C14H10F6N4S. The van der Waals surface area contributed by atoms with Crippen LogP contribution in [0.1, 0.15) is 24.5 Å². The summed E-state index contributed by atoms with van der Waals surface area (Å²) in [6.45, 7) is 1.35. The van der Waals surface area contributed by atoms with Crippen LogP contribution < -0.4 is 10.7 Å². The number of benzene rings is 1. The number of alkyl halides is 6. The zero-order chi connectivity index (χ0) is 19.0. The van der Waals surface area contributed by atoms with Gasteiger partial charge in [0.1, 0.15) is 16.2 Å². The highest BCUT2D eigenvalue weighted by Gasteiger charge is 2.46. The Morgan fingerprint density at radius 2 is 1.92 bits per heavy atom. The van der Waals surface area contributed by atoms with Crippen molar-refractivity contribution in [1.29, 1.82) is 5.26 Å². The fraction of sp³-hybridized carbons (Fsp3) is 0.357. The van der Waals surface area contributed by atoms with Crippen LogP contribution in [0.5, 0.6) is 0 Å². The zero-order valence-electron chi connectivity index (χ0n) is 12.5. The Morgan fingerprint density at radius 3 is 2.40 bits per heavy atom. The molecule has 25 heavy (non-hydrogen) atoms. The highest BCUT2D eigenvalue weighted by atomic mass is 32.1. The van der Waals surface area contributed by atoms with E-state index in [-0.39, 0.29) is 10.7 Å². The van der Waals surface area contributed by atoms with Gasteiger partial charge < -0.3 is 5.32 Å².